The van der Waals surface area contributed by atoms with E-state index in [0.717, 1.165) is 44.6 Å². The van der Waals surface area contributed by atoms with E-state index in [1.54, 1.807) is 6.21 Å². The predicted octanol–water partition coefficient (Wildman–Crippen LogP) is 7.25. The summed E-state index contributed by atoms with van der Waals surface area (Å²) in [6.45, 7) is 6.18. The molecule has 0 aromatic heterocycles. The van der Waals surface area contributed by atoms with Crippen LogP contribution in [0.15, 0.2) is 96.0 Å². The average Bonchev–Trinajstić information content (AvgIpc) is 2.78. The second-order valence-electron chi connectivity index (χ2n) is 8.04. The topological polar surface area (TPSA) is 32.6 Å². The Kier molecular flexibility index (Phi) is 5.99. The molecule has 0 unspecified atom stereocenters. The third-order valence-electron chi connectivity index (χ3n) is 5.66. The van der Waals surface area contributed by atoms with E-state index in [-0.39, 0.29) is 11.7 Å². The van der Waals surface area contributed by atoms with E-state index in [0.29, 0.717) is 0 Å². The molecule has 0 saturated carbocycles. The van der Waals surface area contributed by atoms with Crippen molar-refractivity contribution >= 4 is 11.9 Å². The Labute approximate surface area is 184 Å². The number of aryl methyl sites for hydroxylation is 3. The first-order valence-corrected chi connectivity index (χ1v) is 10.6. The predicted molar refractivity (Wildman–Crippen MR) is 130 cm³/mol. The molecule has 0 aliphatic rings. The van der Waals surface area contributed by atoms with Gasteiger partial charge in [0.15, 0.2) is 0 Å². The number of rotatable bonds is 5. The van der Waals surface area contributed by atoms with Crippen molar-refractivity contribution in [1.82, 2.24) is 0 Å². The molecule has 0 bridgehead atoms. The van der Waals surface area contributed by atoms with Gasteiger partial charge >= 0.3 is 0 Å². The summed E-state index contributed by atoms with van der Waals surface area (Å²) in [5, 5.41) is 11.3. The van der Waals surface area contributed by atoms with Crippen molar-refractivity contribution in [2.75, 3.05) is 0 Å². The fraction of sp³-hybridized carbons (Fsp3) is 0.138. The number of aromatic hydroxyl groups is 1. The first-order valence-electron chi connectivity index (χ1n) is 10.6. The first-order chi connectivity index (χ1) is 15.0. The maximum absolute atomic E-state index is 11.3. The Hall–Kier alpha value is -3.65. The molecule has 0 spiro atoms. The SMILES string of the molecule is Cc1cc(C=Nc2c(C)cccc2C)c(O)c(C(c2ccccc2)c2ccccc2)c1. The average molecular weight is 406 g/mol. The minimum absolute atomic E-state index is 0.0605. The van der Waals surface area contributed by atoms with E-state index in [2.05, 4.69) is 63.2 Å². The van der Waals surface area contributed by atoms with Crippen LogP contribution in [-0.2, 0) is 0 Å². The van der Waals surface area contributed by atoms with E-state index in [9.17, 15) is 5.11 Å². The largest absolute Gasteiger partial charge is 0.507 e. The zero-order valence-corrected chi connectivity index (χ0v) is 18.2. The monoisotopic (exact) mass is 405 g/mol. The van der Waals surface area contributed by atoms with Crippen molar-refractivity contribution in [1.29, 1.82) is 0 Å². The number of aliphatic imine (C=N–C) groups is 1. The van der Waals surface area contributed by atoms with Gasteiger partial charge in [0.25, 0.3) is 0 Å². The first kappa shape index (κ1) is 20.6. The number of hydrogen-bond acceptors (Lipinski definition) is 2. The molecule has 4 rings (SSSR count). The molecule has 154 valence electrons. The van der Waals surface area contributed by atoms with Crippen LogP contribution in [-0.4, -0.2) is 11.3 Å². The molecular weight excluding hydrogens is 378 g/mol. The van der Waals surface area contributed by atoms with Crippen LogP contribution in [0, 0.1) is 20.8 Å². The van der Waals surface area contributed by atoms with Gasteiger partial charge in [0.05, 0.1) is 5.69 Å². The third-order valence-corrected chi connectivity index (χ3v) is 5.66. The van der Waals surface area contributed by atoms with E-state index in [1.165, 1.54) is 0 Å². The zero-order valence-electron chi connectivity index (χ0n) is 18.2. The smallest absolute Gasteiger partial charge is 0.128 e. The second-order valence-corrected chi connectivity index (χ2v) is 8.04. The van der Waals surface area contributed by atoms with Crippen molar-refractivity contribution in [2.45, 2.75) is 26.7 Å². The van der Waals surface area contributed by atoms with Crippen molar-refractivity contribution in [3.05, 3.63) is 130 Å². The van der Waals surface area contributed by atoms with Crippen LogP contribution in [0.4, 0.5) is 5.69 Å². The molecule has 0 amide bonds. The number of hydrogen-bond donors (Lipinski definition) is 1. The molecule has 2 nitrogen and oxygen atoms in total. The molecule has 0 aliphatic heterocycles. The lowest BCUT2D eigenvalue weighted by molar-refractivity contribution is 0.466. The van der Waals surface area contributed by atoms with E-state index in [4.69, 9.17) is 4.99 Å². The maximum Gasteiger partial charge on any atom is 0.128 e. The molecule has 1 N–H and O–H groups in total. The summed E-state index contributed by atoms with van der Waals surface area (Å²) in [6, 6.07) is 30.9. The summed E-state index contributed by atoms with van der Waals surface area (Å²) in [5.74, 6) is 0.216. The van der Waals surface area contributed by atoms with Crippen LogP contribution in [0.1, 0.15) is 44.9 Å². The summed E-state index contributed by atoms with van der Waals surface area (Å²) in [7, 11) is 0. The molecule has 0 radical (unpaired) electrons. The highest BCUT2D eigenvalue weighted by Gasteiger charge is 2.21. The standard InChI is InChI=1S/C29H27NO/c1-20-17-25(19-30-28-21(2)11-10-12-22(28)3)29(31)26(18-20)27(23-13-6-4-7-14-23)24-15-8-5-9-16-24/h4-19,27,31H,1-3H3. The van der Waals surface area contributed by atoms with Gasteiger partial charge in [0.2, 0.25) is 0 Å². The quantitative estimate of drug-likeness (QED) is 0.275. The summed E-state index contributed by atoms with van der Waals surface area (Å²) in [6.07, 6.45) is 1.79. The minimum Gasteiger partial charge on any atom is -0.507 e. The van der Waals surface area contributed by atoms with Gasteiger partial charge in [-0.2, -0.15) is 0 Å². The Morgan fingerprint density at radius 1 is 0.710 bits per heavy atom. The normalized spacial score (nSPS) is 11.4. The van der Waals surface area contributed by atoms with Crippen LogP contribution in [0.3, 0.4) is 0 Å². The maximum atomic E-state index is 11.3. The van der Waals surface area contributed by atoms with Crippen LogP contribution in [0.5, 0.6) is 5.75 Å². The second kappa shape index (κ2) is 9.01. The molecule has 0 fully saturated rings. The molecule has 0 atom stereocenters. The van der Waals surface area contributed by atoms with Gasteiger partial charge in [0, 0.05) is 23.3 Å². The number of benzene rings is 4. The van der Waals surface area contributed by atoms with Crippen molar-refractivity contribution in [2.24, 2.45) is 4.99 Å². The van der Waals surface area contributed by atoms with Gasteiger partial charge in [-0.05, 0) is 54.7 Å². The fourth-order valence-corrected chi connectivity index (χ4v) is 4.14. The Balaban J connectivity index is 1.85. The van der Waals surface area contributed by atoms with Crippen molar-refractivity contribution in [3.63, 3.8) is 0 Å². The lowest BCUT2D eigenvalue weighted by atomic mass is 9.83. The van der Waals surface area contributed by atoms with Crippen molar-refractivity contribution < 1.29 is 5.11 Å². The summed E-state index contributed by atoms with van der Waals surface area (Å²) >= 11 is 0. The number of phenols is 1. The molecule has 4 aromatic carbocycles. The Morgan fingerprint density at radius 3 is 1.81 bits per heavy atom. The molecule has 2 heteroatoms. The number of para-hydroxylation sites is 1. The third kappa shape index (κ3) is 4.44. The highest BCUT2D eigenvalue weighted by atomic mass is 16.3. The van der Waals surface area contributed by atoms with Crippen LogP contribution < -0.4 is 0 Å². The minimum atomic E-state index is -0.0605. The summed E-state index contributed by atoms with van der Waals surface area (Å²) < 4.78 is 0. The fourth-order valence-electron chi connectivity index (χ4n) is 4.14. The summed E-state index contributed by atoms with van der Waals surface area (Å²) in [4.78, 5) is 4.74. The molecule has 0 saturated heterocycles. The van der Waals surface area contributed by atoms with Crippen LogP contribution in [0.2, 0.25) is 0 Å². The lowest BCUT2D eigenvalue weighted by Gasteiger charge is -2.21. The van der Waals surface area contributed by atoms with Crippen LogP contribution in [0.25, 0.3) is 0 Å². The van der Waals surface area contributed by atoms with E-state index >= 15 is 0 Å². The lowest BCUT2D eigenvalue weighted by Crippen LogP contribution is -2.05. The molecule has 0 aliphatic carbocycles. The van der Waals surface area contributed by atoms with Gasteiger partial charge in [-0.3, -0.25) is 4.99 Å². The van der Waals surface area contributed by atoms with E-state index < -0.39 is 0 Å². The highest BCUT2D eigenvalue weighted by molar-refractivity contribution is 5.87. The highest BCUT2D eigenvalue weighted by Crippen LogP contribution is 2.39. The van der Waals surface area contributed by atoms with E-state index in [1.807, 2.05) is 48.5 Å². The molecule has 0 heterocycles. The zero-order chi connectivity index (χ0) is 21.8. The molecule has 31 heavy (non-hydrogen) atoms. The Morgan fingerprint density at radius 2 is 1.26 bits per heavy atom. The summed E-state index contributed by atoms with van der Waals surface area (Å²) in [5.41, 5.74) is 8.19. The molecular formula is C29H27NO. The van der Waals surface area contributed by atoms with Gasteiger partial charge in [-0.1, -0.05) is 84.9 Å². The van der Waals surface area contributed by atoms with Gasteiger partial charge in [0.1, 0.15) is 5.75 Å². The van der Waals surface area contributed by atoms with Gasteiger partial charge in [-0.15, -0.1) is 0 Å². The molecule has 4 aromatic rings. The van der Waals surface area contributed by atoms with Gasteiger partial charge < -0.3 is 5.11 Å². The number of phenolic OH excluding ortho intramolecular Hbond substituents is 1. The van der Waals surface area contributed by atoms with Crippen LogP contribution >= 0.6 is 0 Å². The van der Waals surface area contributed by atoms with Gasteiger partial charge in [-0.25, -0.2) is 0 Å². The Bertz CT molecular complexity index is 1150. The number of nitrogens with zero attached hydrogens (tertiary/aromatic N) is 1. The van der Waals surface area contributed by atoms with Crippen molar-refractivity contribution in [3.8, 4) is 5.75 Å².